The minimum Gasteiger partial charge on any atom is -0.330 e. The highest BCUT2D eigenvalue weighted by molar-refractivity contribution is 7.92. The van der Waals surface area contributed by atoms with E-state index in [0.717, 1.165) is 13.0 Å². The van der Waals surface area contributed by atoms with Gasteiger partial charge in [-0.15, -0.1) is 39.7 Å². The summed E-state index contributed by atoms with van der Waals surface area (Å²) in [6.45, 7) is 4.25. The van der Waals surface area contributed by atoms with Crippen LogP contribution in [0.15, 0.2) is 5.18 Å². The highest BCUT2D eigenvalue weighted by Crippen LogP contribution is 2.45. The molecule has 0 saturated heterocycles. The van der Waals surface area contributed by atoms with E-state index >= 15 is 0 Å². The maximum atomic E-state index is 11.8. The van der Waals surface area contributed by atoms with Crippen molar-refractivity contribution in [2.75, 3.05) is 61.9 Å². The standard InChI is InChI=1S/C13H25Cl3N3O5PS/c1-2-6-18(7-3-14)25(19(8-4-15)9-5-16)24-10-11-26(22,23)12-13(20)17-21/h2-12H2,1H3. The van der Waals surface area contributed by atoms with Gasteiger partial charge < -0.3 is 4.52 Å². The topological polar surface area (TPSA) is 96.3 Å². The first-order valence-corrected chi connectivity index (χ1v) is 12.6. The molecule has 1 unspecified atom stereocenters. The highest BCUT2D eigenvalue weighted by atomic mass is 35.5. The second-order valence-electron chi connectivity index (χ2n) is 5.14. The molecule has 13 heteroatoms. The molecule has 0 fully saturated rings. The lowest BCUT2D eigenvalue weighted by Crippen LogP contribution is -2.34. The molecular formula is C13H25Cl3N3O5PS. The van der Waals surface area contributed by atoms with Crippen LogP contribution in [0.25, 0.3) is 0 Å². The quantitative estimate of drug-likeness (QED) is 0.193. The van der Waals surface area contributed by atoms with Gasteiger partial charge >= 0.3 is 5.91 Å². The molecule has 0 radical (unpaired) electrons. The van der Waals surface area contributed by atoms with Gasteiger partial charge in [-0.2, -0.15) is 0 Å². The number of rotatable bonds is 16. The lowest BCUT2D eigenvalue weighted by Gasteiger charge is -2.37. The predicted octanol–water partition coefficient (Wildman–Crippen LogP) is 2.67. The van der Waals surface area contributed by atoms with Crippen molar-refractivity contribution in [3.8, 4) is 0 Å². The van der Waals surface area contributed by atoms with Crippen LogP contribution >= 0.6 is 43.3 Å². The smallest absolute Gasteiger partial charge is 0.301 e. The van der Waals surface area contributed by atoms with E-state index in [4.69, 9.17) is 39.3 Å². The van der Waals surface area contributed by atoms with Crippen molar-refractivity contribution in [2.45, 2.75) is 13.3 Å². The zero-order valence-electron chi connectivity index (χ0n) is 14.7. The fraction of sp³-hybridized carbons (Fsp3) is 0.923. The van der Waals surface area contributed by atoms with E-state index < -0.39 is 29.9 Å². The largest absolute Gasteiger partial charge is 0.330 e. The second-order valence-corrected chi connectivity index (χ2v) is 10.4. The Balaban J connectivity index is 5.08. The van der Waals surface area contributed by atoms with Gasteiger partial charge in [-0.25, -0.2) is 17.8 Å². The molecule has 0 rings (SSSR count). The van der Waals surface area contributed by atoms with Crippen molar-refractivity contribution in [3.63, 3.8) is 0 Å². The Bertz CT molecular complexity index is 487. The molecule has 0 bridgehead atoms. The van der Waals surface area contributed by atoms with E-state index in [1.165, 1.54) is 0 Å². The first kappa shape index (κ1) is 26.4. The van der Waals surface area contributed by atoms with E-state index in [1.807, 2.05) is 16.3 Å². The zero-order chi connectivity index (χ0) is 20.0. The average Bonchev–Trinajstić information content (AvgIpc) is 2.58. The number of carbonyl (C=O) groups is 1. The maximum Gasteiger partial charge on any atom is 0.301 e. The van der Waals surface area contributed by atoms with E-state index in [2.05, 4.69) is 5.18 Å². The van der Waals surface area contributed by atoms with Crippen LogP contribution in [0.3, 0.4) is 0 Å². The SMILES string of the molecule is CCCN(CCCl)P(OCCS(=O)(=O)CC(=O)N=O)N(CCCl)CCCl. The first-order chi connectivity index (χ1) is 12.3. The van der Waals surface area contributed by atoms with Gasteiger partial charge in [0, 0.05) is 49.0 Å². The normalized spacial score (nSPS) is 13.3. The molecule has 26 heavy (non-hydrogen) atoms. The summed E-state index contributed by atoms with van der Waals surface area (Å²) in [5.41, 5.74) is 0. The molecule has 0 aromatic carbocycles. The summed E-state index contributed by atoms with van der Waals surface area (Å²) in [6, 6.07) is 0. The van der Waals surface area contributed by atoms with Crippen molar-refractivity contribution in [1.29, 1.82) is 0 Å². The lowest BCUT2D eigenvalue weighted by molar-refractivity contribution is -0.115. The molecule has 0 saturated carbocycles. The van der Waals surface area contributed by atoms with Gasteiger partial charge in [0.25, 0.3) is 0 Å². The van der Waals surface area contributed by atoms with Crippen LogP contribution in [-0.2, 0) is 19.2 Å². The highest BCUT2D eigenvalue weighted by Gasteiger charge is 2.27. The van der Waals surface area contributed by atoms with Gasteiger partial charge in [-0.3, -0.25) is 4.79 Å². The van der Waals surface area contributed by atoms with E-state index in [-0.39, 0.29) is 12.4 Å². The molecule has 0 aliphatic carbocycles. The Morgan fingerprint density at radius 2 is 1.54 bits per heavy atom. The number of hydrogen-bond acceptors (Lipinski definition) is 7. The third-order valence-corrected chi connectivity index (χ3v) is 7.20. The van der Waals surface area contributed by atoms with Crippen LogP contribution in [0.2, 0.25) is 0 Å². The second kappa shape index (κ2) is 15.3. The monoisotopic (exact) mass is 471 g/mol. The number of hydrogen-bond donors (Lipinski definition) is 0. The Hall–Kier alpha value is 0.400. The summed E-state index contributed by atoms with van der Waals surface area (Å²) < 4.78 is 33.6. The third kappa shape index (κ3) is 11.3. The molecule has 0 aliphatic heterocycles. The van der Waals surface area contributed by atoms with E-state index in [0.29, 0.717) is 37.3 Å². The molecule has 1 atom stereocenters. The molecule has 0 N–H and O–H groups in total. The molecule has 0 heterocycles. The van der Waals surface area contributed by atoms with Crippen LogP contribution in [0.5, 0.6) is 0 Å². The van der Waals surface area contributed by atoms with Crippen LogP contribution in [0.1, 0.15) is 13.3 Å². The Morgan fingerprint density at radius 3 is 1.96 bits per heavy atom. The molecular weight excluding hydrogens is 448 g/mol. The van der Waals surface area contributed by atoms with E-state index in [9.17, 15) is 18.1 Å². The third-order valence-electron chi connectivity index (χ3n) is 3.04. The van der Waals surface area contributed by atoms with Crippen molar-refractivity contribution in [3.05, 3.63) is 4.91 Å². The molecule has 1 amide bonds. The van der Waals surface area contributed by atoms with Gasteiger partial charge in [0.05, 0.1) is 12.4 Å². The van der Waals surface area contributed by atoms with Crippen molar-refractivity contribution in [2.24, 2.45) is 5.18 Å². The van der Waals surface area contributed by atoms with Crippen LogP contribution in [0, 0.1) is 4.91 Å². The van der Waals surface area contributed by atoms with Crippen LogP contribution in [-0.4, -0.2) is 85.6 Å². The van der Waals surface area contributed by atoms with Crippen molar-refractivity contribution >= 4 is 59.0 Å². The molecule has 0 aromatic heterocycles. The lowest BCUT2D eigenvalue weighted by atomic mass is 10.5. The fourth-order valence-corrected chi connectivity index (χ4v) is 6.11. The number of carbonyl (C=O) groups excluding carboxylic acids is 1. The molecule has 0 aliphatic rings. The number of nitroso groups, excluding NO2 is 1. The number of alkyl halides is 3. The van der Waals surface area contributed by atoms with Gasteiger partial charge in [0.1, 0.15) is 5.75 Å². The van der Waals surface area contributed by atoms with Gasteiger partial charge in [-0.05, 0) is 6.42 Å². The van der Waals surface area contributed by atoms with Crippen molar-refractivity contribution in [1.82, 2.24) is 9.34 Å². The Labute approximate surface area is 171 Å². The Kier molecular flexibility index (Phi) is 15.6. The van der Waals surface area contributed by atoms with Crippen LogP contribution in [0.4, 0.5) is 0 Å². The summed E-state index contributed by atoms with van der Waals surface area (Å²) >= 11 is 17.6. The molecule has 0 aromatic rings. The number of amides is 1. The fourth-order valence-electron chi connectivity index (χ4n) is 1.99. The van der Waals surface area contributed by atoms with Gasteiger partial charge in [0.15, 0.2) is 18.3 Å². The number of nitrogens with zero attached hydrogens (tertiary/aromatic N) is 3. The molecule has 0 spiro atoms. The summed E-state index contributed by atoms with van der Waals surface area (Å²) in [7, 11) is -5.07. The molecule has 154 valence electrons. The number of halogens is 3. The van der Waals surface area contributed by atoms with Crippen molar-refractivity contribution < 1.29 is 17.7 Å². The summed E-state index contributed by atoms with van der Waals surface area (Å²) in [5, 5.41) is 2.11. The van der Waals surface area contributed by atoms with Gasteiger partial charge in [0.2, 0.25) is 0 Å². The Morgan fingerprint density at radius 1 is 1.04 bits per heavy atom. The number of sulfone groups is 1. The zero-order valence-corrected chi connectivity index (χ0v) is 18.6. The summed E-state index contributed by atoms with van der Waals surface area (Å²) in [5.74, 6) is -1.37. The molecule has 8 nitrogen and oxygen atoms in total. The maximum absolute atomic E-state index is 11.8. The predicted molar refractivity (Wildman–Crippen MR) is 108 cm³/mol. The summed E-state index contributed by atoms with van der Waals surface area (Å²) in [4.78, 5) is 21.0. The van der Waals surface area contributed by atoms with E-state index in [1.54, 1.807) is 0 Å². The summed E-state index contributed by atoms with van der Waals surface area (Å²) in [6.07, 6.45) is 0.868. The van der Waals surface area contributed by atoms with Crippen LogP contribution < -0.4 is 0 Å². The first-order valence-electron chi connectivity index (χ1n) is 8.02. The average molecular weight is 473 g/mol. The minimum absolute atomic E-state index is 0.121. The van der Waals surface area contributed by atoms with Gasteiger partial charge in [-0.1, -0.05) is 6.92 Å². The minimum atomic E-state index is -3.76.